The first kappa shape index (κ1) is 15.1. The van der Waals surface area contributed by atoms with Crippen molar-refractivity contribution in [3.05, 3.63) is 24.2 Å². The number of hydrogen-bond donors (Lipinski definition) is 1. The fraction of sp³-hybridized carbons (Fsp3) is 0.417. The molecule has 1 N–H and O–H groups in total. The summed E-state index contributed by atoms with van der Waals surface area (Å²) in [6, 6.07) is 3.05. The molecule has 0 aliphatic carbocycles. The first-order valence-corrected chi connectivity index (χ1v) is 5.43. The van der Waals surface area contributed by atoms with Crippen molar-refractivity contribution < 1.29 is 22.4 Å². The molecule has 1 aromatic heterocycles. The molecule has 1 rings (SSSR count). The van der Waals surface area contributed by atoms with Gasteiger partial charge in [-0.05, 0) is 12.1 Å². The summed E-state index contributed by atoms with van der Waals surface area (Å²) in [4.78, 5) is 12.3. The first-order chi connectivity index (χ1) is 8.92. The van der Waals surface area contributed by atoms with Gasteiger partial charge in [0.25, 0.3) is 0 Å². The van der Waals surface area contributed by atoms with Crippen LogP contribution in [0.25, 0.3) is 0 Å². The van der Waals surface area contributed by atoms with Crippen molar-refractivity contribution in [1.29, 1.82) is 0 Å². The topological polar surface area (TPSA) is 45.5 Å². The van der Waals surface area contributed by atoms with Crippen LogP contribution in [0.5, 0.6) is 0 Å². The molecule has 0 saturated heterocycles. The molecule has 0 atom stereocenters. The Hall–Kier alpha value is -1.94. The number of halogens is 3. The third-order valence-corrected chi connectivity index (χ3v) is 2.15. The van der Waals surface area contributed by atoms with Gasteiger partial charge in [-0.2, -0.15) is 13.2 Å². The highest BCUT2D eigenvalue weighted by atomic mass is 19.4. The number of amides is 1. The molecule has 0 aliphatic rings. The number of carbonyl (C=O) groups is 1. The number of hydrogen-bond acceptors (Lipinski definition) is 3. The maximum Gasteiger partial charge on any atom is 0.406 e. The van der Waals surface area contributed by atoms with Crippen LogP contribution < -0.4 is 5.32 Å². The molecule has 0 unspecified atom stereocenters. The summed E-state index contributed by atoms with van der Waals surface area (Å²) >= 11 is 0. The molecule has 104 valence electrons. The molecule has 0 aromatic carbocycles. The SMILES string of the molecule is C#CCNCC(=O)N(Cc1ccco1)CC(F)(F)F. The second kappa shape index (κ2) is 6.85. The lowest BCUT2D eigenvalue weighted by molar-refractivity contribution is -0.162. The van der Waals surface area contributed by atoms with Crippen molar-refractivity contribution in [2.24, 2.45) is 0 Å². The highest BCUT2D eigenvalue weighted by molar-refractivity contribution is 5.78. The Bertz CT molecular complexity index is 435. The molecule has 1 amide bonds. The predicted octanol–water partition coefficient (Wildman–Crippen LogP) is 1.39. The summed E-state index contributed by atoms with van der Waals surface area (Å²) in [6.45, 7) is -1.69. The average Bonchev–Trinajstić information content (AvgIpc) is 2.79. The second-order valence-electron chi connectivity index (χ2n) is 3.75. The molecule has 0 bridgehead atoms. The minimum absolute atomic E-state index is 0.117. The zero-order valence-electron chi connectivity index (χ0n) is 10.0. The highest BCUT2D eigenvalue weighted by Gasteiger charge is 2.33. The molecule has 1 heterocycles. The summed E-state index contributed by atoms with van der Waals surface area (Å²) in [6.07, 6.45) is 1.84. The largest absolute Gasteiger partial charge is 0.467 e. The number of nitrogens with one attached hydrogen (secondary N) is 1. The van der Waals surface area contributed by atoms with Gasteiger partial charge in [0.2, 0.25) is 5.91 Å². The van der Waals surface area contributed by atoms with Crippen molar-refractivity contribution in [2.75, 3.05) is 19.6 Å². The fourth-order valence-corrected chi connectivity index (χ4v) is 1.39. The summed E-state index contributed by atoms with van der Waals surface area (Å²) in [5.41, 5.74) is 0. The van der Waals surface area contributed by atoms with Crippen molar-refractivity contribution in [3.8, 4) is 12.3 Å². The van der Waals surface area contributed by atoms with Gasteiger partial charge in [-0.3, -0.25) is 10.1 Å². The van der Waals surface area contributed by atoms with E-state index in [2.05, 4.69) is 11.2 Å². The van der Waals surface area contributed by atoms with E-state index in [1.165, 1.54) is 12.3 Å². The third kappa shape index (κ3) is 5.97. The highest BCUT2D eigenvalue weighted by Crippen LogP contribution is 2.18. The minimum atomic E-state index is -4.46. The van der Waals surface area contributed by atoms with Gasteiger partial charge in [-0.1, -0.05) is 5.92 Å². The van der Waals surface area contributed by atoms with Gasteiger partial charge < -0.3 is 9.32 Å². The average molecular weight is 274 g/mol. The van der Waals surface area contributed by atoms with E-state index in [-0.39, 0.29) is 25.4 Å². The van der Waals surface area contributed by atoms with Crippen LogP contribution in [0, 0.1) is 12.3 Å². The van der Waals surface area contributed by atoms with E-state index in [4.69, 9.17) is 10.8 Å². The van der Waals surface area contributed by atoms with Crippen LogP contribution in [-0.4, -0.2) is 36.6 Å². The van der Waals surface area contributed by atoms with Crippen LogP contribution in [-0.2, 0) is 11.3 Å². The van der Waals surface area contributed by atoms with Gasteiger partial charge >= 0.3 is 6.18 Å². The van der Waals surface area contributed by atoms with Crippen LogP contribution in [0.4, 0.5) is 13.2 Å². The van der Waals surface area contributed by atoms with Crippen molar-refractivity contribution in [3.63, 3.8) is 0 Å². The van der Waals surface area contributed by atoms with E-state index >= 15 is 0 Å². The summed E-state index contributed by atoms with van der Waals surface area (Å²) < 4.78 is 42.2. The summed E-state index contributed by atoms with van der Waals surface area (Å²) in [5.74, 6) is 1.83. The maximum absolute atomic E-state index is 12.4. The van der Waals surface area contributed by atoms with Crippen molar-refractivity contribution in [1.82, 2.24) is 10.2 Å². The van der Waals surface area contributed by atoms with Gasteiger partial charge in [0.15, 0.2) is 0 Å². The van der Waals surface area contributed by atoms with E-state index < -0.39 is 18.6 Å². The molecule has 1 aromatic rings. The Labute approximate surface area is 108 Å². The van der Waals surface area contributed by atoms with E-state index in [1.807, 2.05) is 0 Å². The van der Waals surface area contributed by atoms with E-state index in [1.54, 1.807) is 6.07 Å². The minimum Gasteiger partial charge on any atom is -0.467 e. The number of terminal acetylenes is 1. The Balaban J connectivity index is 2.63. The number of alkyl halides is 3. The molecule has 19 heavy (non-hydrogen) atoms. The predicted molar refractivity (Wildman–Crippen MR) is 61.9 cm³/mol. The van der Waals surface area contributed by atoms with E-state index in [0.29, 0.717) is 4.90 Å². The fourth-order valence-electron chi connectivity index (χ4n) is 1.39. The van der Waals surface area contributed by atoms with E-state index in [0.717, 1.165) is 0 Å². The number of nitrogens with zero attached hydrogens (tertiary/aromatic N) is 1. The Kier molecular flexibility index (Phi) is 5.45. The second-order valence-corrected chi connectivity index (χ2v) is 3.75. The maximum atomic E-state index is 12.4. The van der Waals surface area contributed by atoms with E-state index in [9.17, 15) is 18.0 Å². The van der Waals surface area contributed by atoms with Gasteiger partial charge in [0.1, 0.15) is 12.3 Å². The molecule has 0 radical (unpaired) electrons. The molecule has 0 aliphatic heterocycles. The van der Waals surface area contributed by atoms with Gasteiger partial charge in [0, 0.05) is 0 Å². The molecule has 4 nitrogen and oxygen atoms in total. The Morgan fingerprint density at radius 1 is 1.53 bits per heavy atom. The van der Waals surface area contributed by atoms with Crippen LogP contribution in [0.1, 0.15) is 5.76 Å². The van der Waals surface area contributed by atoms with Gasteiger partial charge in [-0.15, -0.1) is 6.42 Å². The normalized spacial score (nSPS) is 11.1. The van der Waals surface area contributed by atoms with Crippen LogP contribution in [0.2, 0.25) is 0 Å². The lowest BCUT2D eigenvalue weighted by atomic mass is 10.3. The third-order valence-electron chi connectivity index (χ3n) is 2.15. The smallest absolute Gasteiger partial charge is 0.406 e. The number of rotatable bonds is 6. The molecule has 0 spiro atoms. The molecule has 0 fully saturated rings. The molecule has 0 saturated carbocycles. The van der Waals surface area contributed by atoms with Crippen LogP contribution >= 0.6 is 0 Å². The molecular weight excluding hydrogens is 261 g/mol. The molecular formula is C12H13F3N2O2. The number of furan rings is 1. The molecule has 7 heteroatoms. The lowest BCUT2D eigenvalue weighted by Crippen LogP contribution is -2.42. The standard InChI is InChI=1S/C12H13F3N2O2/c1-2-5-16-7-11(18)17(9-12(13,14)15)8-10-4-3-6-19-10/h1,3-4,6,16H,5,7-9H2. The quantitative estimate of drug-likeness (QED) is 0.630. The van der Waals surface area contributed by atoms with Crippen LogP contribution in [0.3, 0.4) is 0 Å². The van der Waals surface area contributed by atoms with Crippen molar-refractivity contribution in [2.45, 2.75) is 12.7 Å². The monoisotopic (exact) mass is 274 g/mol. The Morgan fingerprint density at radius 3 is 2.79 bits per heavy atom. The van der Waals surface area contributed by atoms with Crippen LogP contribution in [0.15, 0.2) is 22.8 Å². The zero-order chi connectivity index (χ0) is 14.3. The van der Waals surface area contributed by atoms with Gasteiger partial charge in [-0.25, -0.2) is 0 Å². The Morgan fingerprint density at radius 2 is 2.26 bits per heavy atom. The van der Waals surface area contributed by atoms with Gasteiger partial charge in [0.05, 0.1) is 25.9 Å². The first-order valence-electron chi connectivity index (χ1n) is 5.43. The summed E-state index contributed by atoms with van der Waals surface area (Å²) in [5, 5.41) is 2.56. The lowest BCUT2D eigenvalue weighted by Gasteiger charge is -2.23. The number of carbonyl (C=O) groups excluding carboxylic acids is 1. The summed E-state index contributed by atoms with van der Waals surface area (Å²) in [7, 11) is 0. The zero-order valence-corrected chi connectivity index (χ0v) is 10.0. The van der Waals surface area contributed by atoms with Crippen molar-refractivity contribution >= 4 is 5.91 Å².